The quantitative estimate of drug-likeness (QED) is 0.683. The van der Waals surface area contributed by atoms with Gasteiger partial charge >= 0.3 is 0 Å². The molecule has 0 atom stereocenters. The van der Waals surface area contributed by atoms with Crippen molar-refractivity contribution in [3.05, 3.63) is 34.7 Å². The molecule has 68 valence electrons. The molecule has 0 aliphatic heterocycles. The SMILES string of the molecule is CCc1c(C)nc2c(Cl)cccn12. The van der Waals surface area contributed by atoms with Crippen LogP contribution in [0.25, 0.3) is 5.65 Å². The number of halogens is 1. The van der Waals surface area contributed by atoms with E-state index >= 15 is 0 Å². The molecule has 2 aromatic heterocycles. The van der Waals surface area contributed by atoms with Gasteiger partial charge in [0.15, 0.2) is 5.65 Å². The van der Waals surface area contributed by atoms with Crippen molar-refractivity contribution >= 4 is 17.2 Å². The Labute approximate surface area is 82.2 Å². The average Bonchev–Trinajstić information content (AvgIpc) is 2.43. The first-order chi connectivity index (χ1) is 6.24. The maximum absolute atomic E-state index is 6.02. The number of rotatable bonds is 1. The normalized spacial score (nSPS) is 11.0. The molecule has 0 unspecified atom stereocenters. The second-order valence-electron chi connectivity index (χ2n) is 3.05. The molecule has 2 nitrogen and oxygen atoms in total. The summed E-state index contributed by atoms with van der Waals surface area (Å²) in [5.74, 6) is 0. The molecular weight excluding hydrogens is 184 g/mol. The number of aromatic nitrogens is 2. The highest BCUT2D eigenvalue weighted by Gasteiger charge is 2.07. The van der Waals surface area contributed by atoms with Gasteiger partial charge in [-0.25, -0.2) is 4.98 Å². The molecule has 0 bridgehead atoms. The number of hydrogen-bond acceptors (Lipinski definition) is 1. The summed E-state index contributed by atoms with van der Waals surface area (Å²) in [5.41, 5.74) is 3.16. The van der Waals surface area contributed by atoms with Crippen molar-refractivity contribution in [2.24, 2.45) is 0 Å². The van der Waals surface area contributed by atoms with Crippen molar-refractivity contribution in [1.82, 2.24) is 9.38 Å². The van der Waals surface area contributed by atoms with Crippen LogP contribution >= 0.6 is 11.6 Å². The van der Waals surface area contributed by atoms with Crippen LogP contribution < -0.4 is 0 Å². The second kappa shape index (κ2) is 3.04. The van der Waals surface area contributed by atoms with E-state index in [2.05, 4.69) is 16.3 Å². The van der Waals surface area contributed by atoms with Crippen LogP contribution in [0.2, 0.25) is 5.02 Å². The van der Waals surface area contributed by atoms with Crippen LogP contribution in [-0.4, -0.2) is 9.38 Å². The number of aryl methyl sites for hydroxylation is 2. The Balaban J connectivity index is 2.86. The zero-order valence-corrected chi connectivity index (χ0v) is 8.47. The summed E-state index contributed by atoms with van der Waals surface area (Å²) in [6, 6.07) is 3.80. The van der Waals surface area contributed by atoms with Crippen LogP contribution in [0.4, 0.5) is 0 Å². The molecular formula is C10H11ClN2. The van der Waals surface area contributed by atoms with Crippen molar-refractivity contribution in [3.8, 4) is 0 Å². The van der Waals surface area contributed by atoms with E-state index in [1.54, 1.807) is 0 Å². The van der Waals surface area contributed by atoms with Gasteiger partial charge in [-0.2, -0.15) is 0 Å². The van der Waals surface area contributed by atoms with Crippen molar-refractivity contribution in [2.45, 2.75) is 20.3 Å². The topological polar surface area (TPSA) is 17.3 Å². The molecule has 0 N–H and O–H groups in total. The van der Waals surface area contributed by atoms with E-state index in [0.29, 0.717) is 5.02 Å². The lowest BCUT2D eigenvalue weighted by Gasteiger charge is -1.98. The Hall–Kier alpha value is -1.02. The average molecular weight is 195 g/mol. The molecule has 0 fully saturated rings. The fourth-order valence-corrected chi connectivity index (χ4v) is 1.83. The van der Waals surface area contributed by atoms with Gasteiger partial charge in [-0.15, -0.1) is 0 Å². The summed E-state index contributed by atoms with van der Waals surface area (Å²) in [5, 5.41) is 0.713. The smallest absolute Gasteiger partial charge is 0.156 e. The van der Waals surface area contributed by atoms with E-state index in [1.807, 2.05) is 25.3 Å². The van der Waals surface area contributed by atoms with E-state index < -0.39 is 0 Å². The minimum Gasteiger partial charge on any atom is -0.303 e. The van der Waals surface area contributed by atoms with Gasteiger partial charge in [0.25, 0.3) is 0 Å². The number of hydrogen-bond donors (Lipinski definition) is 0. The highest BCUT2D eigenvalue weighted by Crippen LogP contribution is 2.19. The van der Waals surface area contributed by atoms with E-state index in [1.165, 1.54) is 5.69 Å². The molecule has 3 heteroatoms. The van der Waals surface area contributed by atoms with E-state index in [9.17, 15) is 0 Å². The zero-order chi connectivity index (χ0) is 9.42. The highest BCUT2D eigenvalue weighted by atomic mass is 35.5. The molecule has 13 heavy (non-hydrogen) atoms. The molecule has 2 heterocycles. The first kappa shape index (κ1) is 8.57. The summed E-state index contributed by atoms with van der Waals surface area (Å²) >= 11 is 6.02. The number of nitrogens with zero attached hydrogens (tertiary/aromatic N) is 2. The van der Waals surface area contributed by atoms with Crippen LogP contribution in [0.3, 0.4) is 0 Å². The first-order valence-corrected chi connectivity index (χ1v) is 4.74. The van der Waals surface area contributed by atoms with Gasteiger partial charge in [-0.3, -0.25) is 0 Å². The fraction of sp³-hybridized carbons (Fsp3) is 0.300. The van der Waals surface area contributed by atoms with E-state index in [0.717, 1.165) is 17.8 Å². The molecule has 0 aliphatic rings. The Morgan fingerprint density at radius 2 is 2.31 bits per heavy atom. The largest absolute Gasteiger partial charge is 0.303 e. The van der Waals surface area contributed by atoms with Crippen LogP contribution in [0.1, 0.15) is 18.3 Å². The monoisotopic (exact) mass is 194 g/mol. The predicted octanol–water partition coefficient (Wildman–Crippen LogP) is 2.86. The summed E-state index contributed by atoms with van der Waals surface area (Å²) in [6.07, 6.45) is 2.98. The summed E-state index contributed by atoms with van der Waals surface area (Å²) < 4.78 is 2.05. The van der Waals surface area contributed by atoms with Crippen LogP contribution in [-0.2, 0) is 6.42 Å². The lowest BCUT2D eigenvalue weighted by Crippen LogP contribution is -1.91. The predicted molar refractivity (Wildman–Crippen MR) is 54.3 cm³/mol. The first-order valence-electron chi connectivity index (χ1n) is 4.36. The van der Waals surface area contributed by atoms with Gasteiger partial charge in [-0.1, -0.05) is 18.5 Å². The van der Waals surface area contributed by atoms with Gasteiger partial charge in [0, 0.05) is 11.9 Å². The minimum atomic E-state index is 0.713. The zero-order valence-electron chi connectivity index (χ0n) is 7.71. The Bertz CT molecular complexity index is 445. The van der Waals surface area contributed by atoms with Crippen molar-refractivity contribution < 1.29 is 0 Å². The molecule has 0 amide bonds. The Morgan fingerprint density at radius 1 is 1.54 bits per heavy atom. The minimum absolute atomic E-state index is 0.713. The van der Waals surface area contributed by atoms with Gasteiger partial charge in [-0.05, 0) is 25.5 Å². The molecule has 0 spiro atoms. The van der Waals surface area contributed by atoms with Crippen molar-refractivity contribution in [2.75, 3.05) is 0 Å². The number of fused-ring (bicyclic) bond motifs is 1. The van der Waals surface area contributed by atoms with Gasteiger partial charge < -0.3 is 4.40 Å². The third-order valence-corrected chi connectivity index (χ3v) is 2.53. The van der Waals surface area contributed by atoms with Crippen LogP contribution in [0.15, 0.2) is 18.3 Å². The lowest BCUT2D eigenvalue weighted by atomic mass is 10.3. The highest BCUT2D eigenvalue weighted by molar-refractivity contribution is 6.33. The van der Waals surface area contributed by atoms with Crippen LogP contribution in [0, 0.1) is 6.92 Å². The lowest BCUT2D eigenvalue weighted by molar-refractivity contribution is 0.978. The second-order valence-corrected chi connectivity index (χ2v) is 3.45. The summed E-state index contributed by atoms with van der Waals surface area (Å²) in [7, 11) is 0. The third-order valence-electron chi connectivity index (χ3n) is 2.24. The number of imidazole rings is 1. The molecule has 2 aromatic rings. The van der Waals surface area contributed by atoms with Crippen molar-refractivity contribution in [3.63, 3.8) is 0 Å². The third kappa shape index (κ3) is 1.22. The van der Waals surface area contributed by atoms with Crippen molar-refractivity contribution in [1.29, 1.82) is 0 Å². The molecule has 0 aliphatic carbocycles. The Kier molecular flexibility index (Phi) is 2.00. The van der Waals surface area contributed by atoms with E-state index in [-0.39, 0.29) is 0 Å². The van der Waals surface area contributed by atoms with Gasteiger partial charge in [0.2, 0.25) is 0 Å². The Morgan fingerprint density at radius 3 is 3.00 bits per heavy atom. The van der Waals surface area contributed by atoms with E-state index in [4.69, 9.17) is 11.6 Å². The standard InChI is InChI=1S/C10H11ClN2/c1-3-9-7(2)12-10-8(11)5-4-6-13(9)10/h4-6H,3H2,1-2H3. The molecule has 2 rings (SSSR count). The molecule has 0 saturated carbocycles. The maximum atomic E-state index is 6.02. The molecule has 0 radical (unpaired) electrons. The summed E-state index contributed by atoms with van der Waals surface area (Å²) in [6.45, 7) is 4.14. The van der Waals surface area contributed by atoms with Crippen LogP contribution in [0.5, 0.6) is 0 Å². The van der Waals surface area contributed by atoms with Gasteiger partial charge in [0.1, 0.15) is 0 Å². The fourth-order valence-electron chi connectivity index (χ4n) is 1.62. The molecule has 0 aromatic carbocycles. The van der Waals surface area contributed by atoms with Gasteiger partial charge in [0.05, 0.1) is 10.7 Å². The number of pyridine rings is 1. The maximum Gasteiger partial charge on any atom is 0.156 e. The summed E-state index contributed by atoms with van der Waals surface area (Å²) in [4.78, 5) is 4.41. The molecule has 0 saturated heterocycles.